The molecule has 40 heavy (non-hydrogen) atoms. The molecule has 0 radical (unpaired) electrons. The van der Waals surface area contributed by atoms with Crippen molar-refractivity contribution in [3.05, 3.63) is 71.8 Å². The van der Waals surface area contributed by atoms with Crippen LogP contribution in [0, 0.1) is 5.92 Å². The molecule has 0 unspecified atom stereocenters. The molecule has 0 bridgehead atoms. The predicted octanol–water partition coefficient (Wildman–Crippen LogP) is 4.04. The van der Waals surface area contributed by atoms with Gasteiger partial charge >= 0.3 is 0 Å². The number of hydrogen-bond donors (Lipinski definition) is 2. The monoisotopic (exact) mass is 539 g/mol. The lowest BCUT2D eigenvalue weighted by atomic mass is 10.1. The molecule has 0 atom stereocenters. The van der Waals surface area contributed by atoms with Crippen LogP contribution >= 0.6 is 0 Å². The summed E-state index contributed by atoms with van der Waals surface area (Å²) in [5.74, 6) is 1.91. The molecule has 5 heterocycles. The molecule has 1 aliphatic heterocycles. The Hall–Kier alpha value is -4.51. The summed E-state index contributed by atoms with van der Waals surface area (Å²) < 4.78 is 11.5. The van der Waals surface area contributed by atoms with E-state index in [0.717, 1.165) is 49.1 Å². The zero-order valence-electron chi connectivity index (χ0n) is 22.7. The van der Waals surface area contributed by atoms with Gasteiger partial charge in [-0.2, -0.15) is 15.1 Å². The van der Waals surface area contributed by atoms with E-state index in [0.29, 0.717) is 34.6 Å². The Morgan fingerprint density at radius 3 is 2.83 bits per heavy atom. The van der Waals surface area contributed by atoms with Crippen LogP contribution in [0.15, 0.2) is 66.2 Å². The standard InChI is InChI=1S/C29H33N9O2/c1-4-14-37-28(39)23-17-31-29(33-21-8-9-24-20(15-21)16-32-36(24)18-19(2)3)35-27(23)38(37)25-6-5-7-26(34-25)40-22-10-12-30-13-11-22/h4-9,15-17,19,22,30H,1,10-14,18H2,2-3H3,(H,31,33,35). The van der Waals surface area contributed by atoms with Gasteiger partial charge in [-0.05, 0) is 56.1 Å². The van der Waals surface area contributed by atoms with Gasteiger partial charge in [-0.15, -0.1) is 6.58 Å². The number of aromatic nitrogens is 7. The molecule has 206 valence electrons. The molecule has 5 aromatic rings. The Bertz CT molecular complexity index is 1730. The largest absolute Gasteiger partial charge is 0.474 e. The van der Waals surface area contributed by atoms with Crippen LogP contribution in [0.1, 0.15) is 26.7 Å². The lowest BCUT2D eigenvalue weighted by Crippen LogP contribution is -2.34. The third-order valence-electron chi connectivity index (χ3n) is 6.91. The summed E-state index contributed by atoms with van der Waals surface area (Å²) in [7, 11) is 0. The van der Waals surface area contributed by atoms with E-state index in [4.69, 9.17) is 14.7 Å². The minimum absolute atomic E-state index is 0.105. The number of anilines is 2. The van der Waals surface area contributed by atoms with Crippen LogP contribution in [0.2, 0.25) is 0 Å². The van der Waals surface area contributed by atoms with Gasteiger partial charge in [-0.25, -0.2) is 14.3 Å². The Morgan fingerprint density at radius 1 is 1.18 bits per heavy atom. The molecule has 2 N–H and O–H groups in total. The average Bonchev–Trinajstić information content (AvgIpc) is 3.46. The highest BCUT2D eigenvalue weighted by Crippen LogP contribution is 2.24. The molecule has 1 aromatic carbocycles. The molecule has 11 heteroatoms. The molecular weight excluding hydrogens is 506 g/mol. The molecule has 0 amide bonds. The molecule has 0 spiro atoms. The molecule has 0 aliphatic carbocycles. The number of nitrogens with zero attached hydrogens (tertiary/aromatic N) is 7. The number of hydrogen-bond acceptors (Lipinski definition) is 8. The van der Waals surface area contributed by atoms with Gasteiger partial charge in [0.15, 0.2) is 11.5 Å². The highest BCUT2D eigenvalue weighted by Gasteiger charge is 2.20. The van der Waals surface area contributed by atoms with Gasteiger partial charge in [0.05, 0.1) is 18.3 Å². The SMILES string of the molecule is C=CCn1c(=O)c2cnc(Nc3ccc4c(cnn4CC(C)C)c3)nc2n1-c1cccc(OC2CCNCC2)n1. The highest BCUT2D eigenvalue weighted by molar-refractivity contribution is 5.83. The van der Waals surface area contributed by atoms with Crippen molar-refractivity contribution in [2.45, 2.75) is 45.9 Å². The normalized spacial score (nSPS) is 14.3. The summed E-state index contributed by atoms with van der Waals surface area (Å²) in [6.07, 6.45) is 7.04. The fraction of sp³-hybridized carbons (Fsp3) is 0.345. The molecule has 1 saturated heterocycles. The third kappa shape index (κ3) is 5.07. The fourth-order valence-electron chi connectivity index (χ4n) is 5.07. The van der Waals surface area contributed by atoms with Crippen LogP contribution in [-0.2, 0) is 13.1 Å². The van der Waals surface area contributed by atoms with Crippen molar-refractivity contribution in [1.82, 2.24) is 39.4 Å². The van der Waals surface area contributed by atoms with Gasteiger partial charge in [0, 0.05) is 29.9 Å². The molecule has 1 aliphatic rings. The number of pyridine rings is 1. The highest BCUT2D eigenvalue weighted by atomic mass is 16.5. The molecule has 1 fully saturated rings. The topological polar surface area (TPSA) is 117 Å². The minimum atomic E-state index is -0.216. The third-order valence-corrected chi connectivity index (χ3v) is 6.91. The number of rotatable bonds is 9. The van der Waals surface area contributed by atoms with Crippen molar-refractivity contribution in [3.8, 4) is 11.7 Å². The number of ether oxygens (including phenoxy) is 1. The van der Waals surface area contributed by atoms with E-state index in [2.05, 4.69) is 41.1 Å². The van der Waals surface area contributed by atoms with E-state index in [9.17, 15) is 4.79 Å². The number of allylic oxidation sites excluding steroid dienone is 1. The van der Waals surface area contributed by atoms with E-state index in [1.54, 1.807) is 21.6 Å². The van der Waals surface area contributed by atoms with Gasteiger partial charge in [0.2, 0.25) is 11.8 Å². The van der Waals surface area contributed by atoms with Gasteiger partial charge in [0.25, 0.3) is 5.56 Å². The summed E-state index contributed by atoms with van der Waals surface area (Å²) >= 11 is 0. The summed E-state index contributed by atoms with van der Waals surface area (Å²) in [6, 6.07) is 11.6. The van der Waals surface area contributed by atoms with Crippen molar-refractivity contribution in [3.63, 3.8) is 0 Å². The van der Waals surface area contributed by atoms with Crippen LogP contribution in [0.5, 0.6) is 5.88 Å². The summed E-state index contributed by atoms with van der Waals surface area (Å²) in [5, 5.41) is 12.6. The van der Waals surface area contributed by atoms with Crippen molar-refractivity contribution in [1.29, 1.82) is 0 Å². The average molecular weight is 540 g/mol. The molecule has 0 saturated carbocycles. The van der Waals surface area contributed by atoms with E-state index in [-0.39, 0.29) is 18.2 Å². The van der Waals surface area contributed by atoms with Crippen molar-refractivity contribution in [2.75, 3.05) is 18.4 Å². The Balaban J connectivity index is 1.36. The lowest BCUT2D eigenvalue weighted by Gasteiger charge is -2.23. The second-order valence-electron chi connectivity index (χ2n) is 10.4. The van der Waals surface area contributed by atoms with Crippen LogP contribution in [0.4, 0.5) is 11.6 Å². The number of piperidine rings is 1. The maximum Gasteiger partial charge on any atom is 0.278 e. The maximum atomic E-state index is 13.3. The quantitative estimate of drug-likeness (QED) is 0.270. The second kappa shape index (κ2) is 10.9. The van der Waals surface area contributed by atoms with Crippen molar-refractivity contribution in [2.24, 2.45) is 5.92 Å². The first-order valence-electron chi connectivity index (χ1n) is 13.7. The molecular formula is C29H33N9O2. The zero-order chi connectivity index (χ0) is 27.6. The number of benzene rings is 1. The zero-order valence-corrected chi connectivity index (χ0v) is 22.7. The van der Waals surface area contributed by atoms with Crippen molar-refractivity contribution < 1.29 is 4.74 Å². The van der Waals surface area contributed by atoms with Gasteiger partial charge in [-0.3, -0.25) is 9.48 Å². The van der Waals surface area contributed by atoms with E-state index < -0.39 is 0 Å². The lowest BCUT2D eigenvalue weighted by molar-refractivity contribution is 0.156. The van der Waals surface area contributed by atoms with E-state index >= 15 is 0 Å². The van der Waals surface area contributed by atoms with E-state index in [1.807, 2.05) is 47.3 Å². The van der Waals surface area contributed by atoms with Gasteiger partial charge in [0.1, 0.15) is 11.5 Å². The maximum absolute atomic E-state index is 13.3. The molecule has 11 nitrogen and oxygen atoms in total. The first kappa shape index (κ1) is 25.8. The number of nitrogens with one attached hydrogen (secondary N) is 2. The summed E-state index contributed by atoms with van der Waals surface area (Å²) in [6.45, 7) is 11.2. The van der Waals surface area contributed by atoms with Crippen LogP contribution < -0.4 is 20.9 Å². The second-order valence-corrected chi connectivity index (χ2v) is 10.4. The summed E-state index contributed by atoms with van der Waals surface area (Å²) in [4.78, 5) is 27.3. The van der Waals surface area contributed by atoms with Crippen molar-refractivity contribution >= 4 is 33.6 Å². The van der Waals surface area contributed by atoms with Gasteiger partial charge < -0.3 is 15.4 Å². The smallest absolute Gasteiger partial charge is 0.278 e. The number of fused-ring (bicyclic) bond motifs is 2. The van der Waals surface area contributed by atoms with Crippen LogP contribution in [-0.4, -0.2) is 53.3 Å². The Labute approximate surface area is 231 Å². The minimum Gasteiger partial charge on any atom is -0.474 e. The Morgan fingerprint density at radius 2 is 2.02 bits per heavy atom. The van der Waals surface area contributed by atoms with Crippen LogP contribution in [0.3, 0.4) is 0 Å². The fourth-order valence-corrected chi connectivity index (χ4v) is 5.07. The molecule has 6 rings (SSSR count). The first-order chi connectivity index (χ1) is 19.5. The van der Waals surface area contributed by atoms with Gasteiger partial charge in [-0.1, -0.05) is 26.0 Å². The van der Waals surface area contributed by atoms with Crippen LogP contribution in [0.25, 0.3) is 27.8 Å². The molecule has 4 aromatic heterocycles. The predicted molar refractivity (Wildman–Crippen MR) is 155 cm³/mol. The van der Waals surface area contributed by atoms with E-state index in [1.165, 1.54) is 0 Å². The summed E-state index contributed by atoms with van der Waals surface area (Å²) in [5.41, 5.74) is 2.13. The first-order valence-corrected chi connectivity index (χ1v) is 13.7. The Kier molecular flexibility index (Phi) is 7.04.